The molecule has 1 fully saturated rings. The van der Waals surface area contributed by atoms with E-state index < -0.39 is 11.7 Å². The molecule has 18 heavy (non-hydrogen) atoms. The molecule has 0 bridgehead atoms. The van der Waals surface area contributed by atoms with Gasteiger partial charge in [-0.05, 0) is 31.4 Å². The van der Waals surface area contributed by atoms with E-state index >= 15 is 0 Å². The molecule has 1 aliphatic heterocycles. The second kappa shape index (κ2) is 3.99. The van der Waals surface area contributed by atoms with E-state index in [-0.39, 0.29) is 0 Å². The van der Waals surface area contributed by atoms with Gasteiger partial charge in [-0.2, -0.15) is 0 Å². The van der Waals surface area contributed by atoms with Crippen LogP contribution in [-0.4, -0.2) is 24.8 Å². The van der Waals surface area contributed by atoms with E-state index in [0.29, 0.717) is 22.3 Å². The maximum absolute atomic E-state index is 11.5. The van der Waals surface area contributed by atoms with Gasteiger partial charge < -0.3 is 10.2 Å². The van der Waals surface area contributed by atoms with Crippen molar-refractivity contribution in [2.24, 2.45) is 0 Å². The van der Waals surface area contributed by atoms with Gasteiger partial charge >= 0.3 is 0 Å². The summed E-state index contributed by atoms with van der Waals surface area (Å²) in [5.41, 5.74) is 1.81. The third kappa shape index (κ3) is 1.60. The molecule has 1 aliphatic carbocycles. The Morgan fingerprint density at radius 2 is 2.06 bits per heavy atom. The molecule has 1 aromatic rings. The summed E-state index contributed by atoms with van der Waals surface area (Å²) in [5.74, 6) is -1.09. The van der Waals surface area contributed by atoms with Crippen molar-refractivity contribution >= 4 is 34.7 Å². The Morgan fingerprint density at radius 3 is 2.67 bits per heavy atom. The van der Waals surface area contributed by atoms with E-state index in [2.05, 4.69) is 10.2 Å². The van der Waals surface area contributed by atoms with Crippen molar-refractivity contribution < 1.29 is 9.59 Å². The number of fused-ring (bicyclic) bond motifs is 1. The molecule has 0 saturated heterocycles. The second-order valence-corrected chi connectivity index (χ2v) is 5.24. The van der Waals surface area contributed by atoms with Gasteiger partial charge in [-0.1, -0.05) is 11.6 Å². The summed E-state index contributed by atoms with van der Waals surface area (Å²) in [6.45, 7) is 0. The largest absolute Gasteiger partial charge is 0.370 e. The van der Waals surface area contributed by atoms with Crippen molar-refractivity contribution in [3.8, 4) is 0 Å². The smallest absolute Gasteiger partial charge is 0.296 e. The minimum absolute atomic E-state index is 0.371. The number of amides is 1. The SMILES string of the molecule is CN(c1cc2c(cc1Cl)C(=O)C(=O)N2)C1CCC1. The first kappa shape index (κ1) is 11.5. The molecule has 2 aliphatic rings. The van der Waals surface area contributed by atoms with Gasteiger partial charge in [0.15, 0.2) is 0 Å². The number of rotatable bonds is 2. The summed E-state index contributed by atoms with van der Waals surface area (Å²) < 4.78 is 0. The fraction of sp³-hybridized carbons (Fsp3) is 0.385. The lowest BCUT2D eigenvalue weighted by atomic mass is 9.91. The van der Waals surface area contributed by atoms with Crippen LogP contribution in [0.25, 0.3) is 0 Å². The molecule has 4 nitrogen and oxygen atoms in total. The van der Waals surface area contributed by atoms with Crippen LogP contribution in [0.4, 0.5) is 11.4 Å². The molecule has 0 aromatic heterocycles. The molecule has 0 atom stereocenters. The molecule has 1 amide bonds. The van der Waals surface area contributed by atoms with Gasteiger partial charge in [0.05, 0.1) is 22.0 Å². The molecule has 1 heterocycles. The van der Waals surface area contributed by atoms with Crippen molar-refractivity contribution in [2.75, 3.05) is 17.3 Å². The minimum atomic E-state index is -0.579. The zero-order chi connectivity index (χ0) is 12.9. The van der Waals surface area contributed by atoms with Gasteiger partial charge in [-0.25, -0.2) is 0 Å². The quantitative estimate of drug-likeness (QED) is 0.835. The number of nitrogens with zero attached hydrogens (tertiary/aromatic N) is 1. The van der Waals surface area contributed by atoms with Crippen LogP contribution < -0.4 is 10.2 Å². The molecule has 0 radical (unpaired) electrons. The monoisotopic (exact) mass is 264 g/mol. The lowest BCUT2D eigenvalue weighted by Crippen LogP contribution is -2.37. The molecular weight excluding hydrogens is 252 g/mol. The number of halogens is 1. The second-order valence-electron chi connectivity index (χ2n) is 4.83. The fourth-order valence-electron chi connectivity index (χ4n) is 2.40. The Hall–Kier alpha value is -1.55. The third-order valence-electron chi connectivity index (χ3n) is 3.79. The standard InChI is InChI=1S/C13H13ClN2O2/c1-16(7-3-2-4-7)11-6-10-8(5-9(11)14)12(17)13(18)15-10/h5-7H,2-4H2,1H3,(H,15,17,18). The number of Topliss-reactive ketones (excluding diaryl/α,β-unsaturated/α-hetero) is 1. The first-order valence-electron chi connectivity index (χ1n) is 6.00. The molecule has 3 rings (SSSR count). The van der Waals surface area contributed by atoms with Gasteiger partial charge in [-0.15, -0.1) is 0 Å². The number of carbonyl (C=O) groups excluding carboxylic acids is 2. The molecule has 94 valence electrons. The van der Waals surface area contributed by atoms with Crippen LogP contribution in [0.3, 0.4) is 0 Å². The van der Waals surface area contributed by atoms with Crippen molar-refractivity contribution in [3.63, 3.8) is 0 Å². The van der Waals surface area contributed by atoms with Gasteiger partial charge in [0, 0.05) is 13.1 Å². The summed E-state index contributed by atoms with van der Waals surface area (Å²) in [5, 5.41) is 3.09. The topological polar surface area (TPSA) is 49.4 Å². The van der Waals surface area contributed by atoms with E-state index in [1.165, 1.54) is 6.42 Å². The number of ketones is 1. The van der Waals surface area contributed by atoms with Crippen molar-refractivity contribution in [1.82, 2.24) is 0 Å². The van der Waals surface area contributed by atoms with E-state index in [1.807, 2.05) is 7.05 Å². The van der Waals surface area contributed by atoms with E-state index in [9.17, 15) is 9.59 Å². The highest BCUT2D eigenvalue weighted by Crippen LogP contribution is 2.37. The number of carbonyl (C=O) groups is 2. The van der Waals surface area contributed by atoms with Gasteiger partial charge in [0.25, 0.3) is 11.7 Å². The van der Waals surface area contributed by atoms with Crippen LogP contribution in [0.5, 0.6) is 0 Å². The number of hydrogen-bond donors (Lipinski definition) is 1. The van der Waals surface area contributed by atoms with Gasteiger partial charge in [-0.3, -0.25) is 9.59 Å². The van der Waals surface area contributed by atoms with Crippen molar-refractivity contribution in [2.45, 2.75) is 25.3 Å². The predicted octanol–water partition coefficient (Wildman–Crippen LogP) is 2.46. The number of benzene rings is 1. The molecule has 1 N–H and O–H groups in total. The van der Waals surface area contributed by atoms with Crippen molar-refractivity contribution in [3.05, 3.63) is 22.7 Å². The normalized spacial score (nSPS) is 18.3. The first-order chi connectivity index (χ1) is 8.58. The summed E-state index contributed by atoms with van der Waals surface area (Å²) in [6, 6.07) is 3.88. The Kier molecular flexibility index (Phi) is 2.55. The molecule has 5 heteroatoms. The molecular formula is C13H13ClN2O2. The summed E-state index contributed by atoms with van der Waals surface area (Å²) in [6.07, 6.45) is 3.57. The number of nitrogens with one attached hydrogen (secondary N) is 1. The molecule has 1 aromatic carbocycles. The molecule has 0 spiro atoms. The zero-order valence-corrected chi connectivity index (χ0v) is 10.8. The maximum atomic E-state index is 11.5. The highest BCUT2D eigenvalue weighted by molar-refractivity contribution is 6.52. The van der Waals surface area contributed by atoms with Crippen LogP contribution in [0.2, 0.25) is 5.02 Å². The zero-order valence-electron chi connectivity index (χ0n) is 10.00. The Bertz CT molecular complexity index is 552. The van der Waals surface area contributed by atoms with Crippen LogP contribution in [0.1, 0.15) is 29.6 Å². The van der Waals surface area contributed by atoms with E-state index in [4.69, 9.17) is 11.6 Å². The lowest BCUT2D eigenvalue weighted by Gasteiger charge is -2.37. The summed E-state index contributed by atoms with van der Waals surface area (Å²) in [7, 11) is 2.00. The minimum Gasteiger partial charge on any atom is -0.370 e. The average molecular weight is 265 g/mol. The van der Waals surface area contributed by atoms with E-state index in [0.717, 1.165) is 18.5 Å². The Balaban J connectivity index is 2.00. The summed E-state index contributed by atoms with van der Waals surface area (Å²) in [4.78, 5) is 25.0. The number of hydrogen-bond acceptors (Lipinski definition) is 3. The Morgan fingerprint density at radius 1 is 1.33 bits per heavy atom. The summed E-state index contributed by atoms with van der Waals surface area (Å²) >= 11 is 6.21. The third-order valence-corrected chi connectivity index (χ3v) is 4.09. The Labute approximate surface area is 110 Å². The van der Waals surface area contributed by atoms with Crippen LogP contribution in [0.15, 0.2) is 12.1 Å². The van der Waals surface area contributed by atoms with Crippen molar-refractivity contribution in [1.29, 1.82) is 0 Å². The fourth-order valence-corrected chi connectivity index (χ4v) is 2.69. The molecule has 0 unspecified atom stereocenters. The average Bonchev–Trinajstić information content (AvgIpc) is 2.52. The molecule has 1 saturated carbocycles. The predicted molar refractivity (Wildman–Crippen MR) is 70.5 cm³/mol. The van der Waals surface area contributed by atoms with Crippen LogP contribution in [0, 0.1) is 0 Å². The lowest BCUT2D eigenvalue weighted by molar-refractivity contribution is -0.112. The first-order valence-corrected chi connectivity index (χ1v) is 6.38. The maximum Gasteiger partial charge on any atom is 0.296 e. The highest BCUT2D eigenvalue weighted by Gasteiger charge is 2.31. The van der Waals surface area contributed by atoms with Gasteiger partial charge in [0.1, 0.15) is 0 Å². The van der Waals surface area contributed by atoms with Crippen LogP contribution in [-0.2, 0) is 4.79 Å². The number of anilines is 2. The van der Waals surface area contributed by atoms with Gasteiger partial charge in [0.2, 0.25) is 0 Å². The highest BCUT2D eigenvalue weighted by atomic mass is 35.5. The van der Waals surface area contributed by atoms with E-state index in [1.54, 1.807) is 12.1 Å². The van der Waals surface area contributed by atoms with Crippen LogP contribution >= 0.6 is 11.6 Å².